The lowest BCUT2D eigenvalue weighted by Crippen LogP contribution is -2.33. The van der Waals surface area contributed by atoms with Crippen molar-refractivity contribution in [2.45, 2.75) is 66.7 Å². The smallest absolute Gasteiger partial charge is 0.392 e. The summed E-state index contributed by atoms with van der Waals surface area (Å²) in [5.74, 6) is -0.520. The SMILES string of the molecule is Nc1nc2c(ncn2[C@@H]2O[C@H](COP(=O)(O)OP(=O)(O)OCCCCC(=O)NCc3ccccc3Sc3ccccc3CO)[C@@H](O)[C@H]2O)c(=O)[nH]1. The van der Waals surface area contributed by atoms with Gasteiger partial charge in [0, 0.05) is 22.8 Å². The maximum atomic E-state index is 12.5. The number of phosphoric ester groups is 2. The Hall–Kier alpha value is -3.49. The van der Waals surface area contributed by atoms with Crippen molar-refractivity contribution in [1.82, 2.24) is 24.8 Å². The molecule has 1 amide bonds. The number of imidazole rings is 1. The van der Waals surface area contributed by atoms with E-state index in [9.17, 15) is 43.8 Å². The van der Waals surface area contributed by atoms with E-state index in [0.29, 0.717) is 0 Å². The molecule has 1 aliphatic heterocycles. The molecule has 0 saturated carbocycles. The largest absolute Gasteiger partial charge is 0.481 e. The number of aromatic amines is 1. The van der Waals surface area contributed by atoms with Gasteiger partial charge in [-0.2, -0.15) is 9.29 Å². The lowest BCUT2D eigenvalue weighted by Gasteiger charge is -2.19. The van der Waals surface area contributed by atoms with Crippen molar-refractivity contribution in [2.75, 3.05) is 18.9 Å². The number of aromatic nitrogens is 4. The maximum absolute atomic E-state index is 12.5. The van der Waals surface area contributed by atoms with Crippen LogP contribution in [0.3, 0.4) is 0 Å². The normalized spacial score (nSPS) is 21.4. The van der Waals surface area contributed by atoms with Crippen LogP contribution in [0, 0.1) is 0 Å². The number of carbonyl (C=O) groups is 1. The number of H-pyrrole nitrogens is 1. The Balaban J connectivity index is 1.03. The van der Waals surface area contributed by atoms with Gasteiger partial charge in [-0.3, -0.25) is 28.2 Å². The summed E-state index contributed by atoms with van der Waals surface area (Å²) >= 11 is 1.48. The van der Waals surface area contributed by atoms with Gasteiger partial charge in [0.25, 0.3) is 5.56 Å². The second-order valence-electron chi connectivity index (χ2n) is 11.2. The predicted octanol–water partition coefficient (Wildman–Crippen LogP) is 1.70. The highest BCUT2D eigenvalue weighted by Gasteiger charge is 2.46. The number of fused-ring (bicyclic) bond motifs is 1. The Morgan fingerprint density at radius 2 is 1.69 bits per heavy atom. The third-order valence-electron chi connectivity index (χ3n) is 7.53. The first kappa shape index (κ1) is 38.7. The van der Waals surface area contributed by atoms with Crippen molar-refractivity contribution < 1.29 is 57.1 Å². The fourth-order valence-corrected chi connectivity index (χ4v) is 8.20. The van der Waals surface area contributed by atoms with Crippen LogP contribution in [0.1, 0.15) is 36.6 Å². The zero-order valence-corrected chi connectivity index (χ0v) is 29.3. The number of phosphoric acid groups is 2. The van der Waals surface area contributed by atoms with Gasteiger partial charge >= 0.3 is 15.6 Å². The van der Waals surface area contributed by atoms with Crippen LogP contribution in [0.4, 0.5) is 5.95 Å². The Kier molecular flexibility index (Phi) is 12.8. The number of anilines is 1. The molecular weight excluding hydrogens is 734 g/mol. The molecule has 0 radical (unpaired) electrons. The van der Waals surface area contributed by atoms with Gasteiger partial charge in [0.1, 0.15) is 18.3 Å². The van der Waals surface area contributed by atoms with E-state index < -0.39 is 59.0 Å². The van der Waals surface area contributed by atoms with Crippen molar-refractivity contribution >= 4 is 50.4 Å². The van der Waals surface area contributed by atoms with Gasteiger partial charge in [0.15, 0.2) is 17.4 Å². The molecule has 2 aromatic heterocycles. The molecule has 1 saturated heterocycles. The van der Waals surface area contributed by atoms with Gasteiger partial charge in [0.2, 0.25) is 11.9 Å². The number of aliphatic hydroxyl groups is 3. The Morgan fingerprint density at radius 1 is 1.02 bits per heavy atom. The highest BCUT2D eigenvalue weighted by atomic mass is 32.2. The molecule has 2 unspecified atom stereocenters. The molecule has 4 aromatic rings. The minimum Gasteiger partial charge on any atom is -0.392 e. The molecule has 19 nitrogen and oxygen atoms in total. The van der Waals surface area contributed by atoms with Crippen LogP contribution in [0.2, 0.25) is 0 Å². The van der Waals surface area contributed by atoms with Gasteiger partial charge in [-0.05, 0) is 36.1 Å². The highest BCUT2D eigenvalue weighted by Crippen LogP contribution is 2.60. The number of aliphatic hydroxyl groups excluding tert-OH is 3. The van der Waals surface area contributed by atoms with Crippen LogP contribution in [0.25, 0.3) is 11.2 Å². The molecule has 1 aliphatic rings. The molecular formula is C29H36N6O13P2S. The number of nitrogens with two attached hydrogens (primary N) is 1. The molecule has 3 heterocycles. The zero-order valence-electron chi connectivity index (χ0n) is 26.7. The number of hydrogen-bond donors (Lipinski definition) is 8. The third kappa shape index (κ3) is 10.1. The van der Waals surface area contributed by atoms with Crippen molar-refractivity contribution in [3.8, 4) is 0 Å². The van der Waals surface area contributed by atoms with Gasteiger partial charge in [-0.25, -0.2) is 14.1 Å². The molecule has 1 fully saturated rings. The number of nitrogens with one attached hydrogen (secondary N) is 2. The van der Waals surface area contributed by atoms with E-state index in [-0.39, 0.29) is 55.4 Å². The third-order valence-corrected chi connectivity index (χ3v) is 11.4. The highest BCUT2D eigenvalue weighted by molar-refractivity contribution is 7.99. The number of unbranched alkanes of at least 4 members (excludes halogenated alkanes) is 1. The van der Waals surface area contributed by atoms with E-state index in [0.717, 1.165) is 31.8 Å². The van der Waals surface area contributed by atoms with Crippen LogP contribution in [-0.4, -0.2) is 82.1 Å². The number of carbonyl (C=O) groups excluding carboxylic acids is 1. The predicted molar refractivity (Wildman–Crippen MR) is 180 cm³/mol. The average Bonchev–Trinajstić information content (AvgIpc) is 3.62. The van der Waals surface area contributed by atoms with E-state index in [4.69, 9.17) is 19.5 Å². The van der Waals surface area contributed by atoms with E-state index in [2.05, 4.69) is 24.6 Å². The molecule has 276 valence electrons. The quantitative estimate of drug-likeness (QED) is 0.0560. The number of nitrogens with zero attached hydrogens (tertiary/aromatic N) is 3. The number of ether oxygens (including phenoxy) is 1. The Bertz CT molecular complexity index is 2000. The fourth-order valence-electron chi connectivity index (χ4n) is 5.02. The second kappa shape index (κ2) is 16.9. The Morgan fingerprint density at radius 3 is 2.41 bits per heavy atom. The number of benzene rings is 2. The van der Waals surface area contributed by atoms with Crippen molar-refractivity contribution in [3.63, 3.8) is 0 Å². The number of hydrogen-bond acceptors (Lipinski definition) is 15. The first-order valence-electron chi connectivity index (χ1n) is 15.4. The summed E-state index contributed by atoms with van der Waals surface area (Å²) in [7, 11) is -10.4. The summed E-state index contributed by atoms with van der Waals surface area (Å²) in [4.78, 5) is 56.4. The van der Waals surface area contributed by atoms with E-state index in [1.807, 2.05) is 48.5 Å². The standard InChI is InChI=1S/C29H36N6O13P2S/c30-29-33-26-23(27(40)34-29)32-16-35(26)28-25(39)24(38)19(47-28)15-46-50(43,44)48-49(41,42)45-12-6-5-11-22(37)31-13-17-7-1-3-9-20(17)51-21-10-4-2-8-18(21)14-36/h1-4,7-10,16,19,24-25,28,36,38-39H,5-6,11-15H2,(H,31,37)(H,41,42)(H,43,44)(H3,30,33,34,40)/t19-,24-,25-,28-/m1/s1. The van der Waals surface area contributed by atoms with Gasteiger partial charge < -0.3 is 40.9 Å². The van der Waals surface area contributed by atoms with Crippen LogP contribution >= 0.6 is 27.4 Å². The molecule has 22 heteroatoms. The number of amides is 1. The number of nitrogen functional groups attached to an aromatic ring is 1. The Labute approximate surface area is 294 Å². The van der Waals surface area contributed by atoms with E-state index >= 15 is 0 Å². The topological polar surface area (TPSA) is 291 Å². The second-order valence-corrected chi connectivity index (χ2v) is 15.3. The summed E-state index contributed by atoms with van der Waals surface area (Å²) in [5.41, 5.74) is 6.38. The van der Waals surface area contributed by atoms with Crippen molar-refractivity contribution in [2.24, 2.45) is 0 Å². The first-order chi connectivity index (χ1) is 24.3. The summed E-state index contributed by atoms with van der Waals surface area (Å²) in [6, 6.07) is 15.0. The minimum absolute atomic E-state index is 0.0651. The molecule has 6 atom stereocenters. The molecule has 2 aromatic carbocycles. The summed E-state index contributed by atoms with van der Waals surface area (Å²) in [6.07, 6.45) is -4.56. The molecule has 0 bridgehead atoms. The lowest BCUT2D eigenvalue weighted by molar-refractivity contribution is -0.121. The molecule has 0 aliphatic carbocycles. The van der Waals surface area contributed by atoms with E-state index in [1.54, 1.807) is 0 Å². The van der Waals surface area contributed by atoms with Gasteiger partial charge in [-0.15, -0.1) is 0 Å². The van der Waals surface area contributed by atoms with Crippen LogP contribution in [0.15, 0.2) is 69.4 Å². The van der Waals surface area contributed by atoms with E-state index in [1.165, 1.54) is 11.8 Å². The monoisotopic (exact) mass is 770 g/mol. The van der Waals surface area contributed by atoms with Gasteiger partial charge in [-0.1, -0.05) is 48.2 Å². The van der Waals surface area contributed by atoms with Crippen LogP contribution in [-0.2, 0) is 45.2 Å². The summed E-state index contributed by atoms with van der Waals surface area (Å²) in [6.45, 7) is -1.12. The first-order valence-corrected chi connectivity index (χ1v) is 19.2. The lowest BCUT2D eigenvalue weighted by atomic mass is 10.1. The zero-order chi connectivity index (χ0) is 36.8. The van der Waals surface area contributed by atoms with Crippen LogP contribution < -0.4 is 16.6 Å². The van der Waals surface area contributed by atoms with Gasteiger partial charge in [0.05, 0.1) is 26.1 Å². The minimum atomic E-state index is -5.27. The number of rotatable bonds is 17. The van der Waals surface area contributed by atoms with Crippen LogP contribution in [0.5, 0.6) is 0 Å². The molecule has 0 spiro atoms. The maximum Gasteiger partial charge on any atom is 0.481 e. The molecule has 5 rings (SSSR count). The molecule has 51 heavy (non-hydrogen) atoms. The fraction of sp³-hybridized carbons (Fsp3) is 0.379. The summed E-state index contributed by atoms with van der Waals surface area (Å²) in [5, 5.41) is 33.4. The average molecular weight is 771 g/mol. The van der Waals surface area contributed by atoms with Crippen molar-refractivity contribution in [3.05, 3.63) is 76.3 Å². The van der Waals surface area contributed by atoms with Crippen molar-refractivity contribution in [1.29, 1.82) is 0 Å². The summed E-state index contributed by atoms with van der Waals surface area (Å²) < 4.78 is 45.2. The molecule has 9 N–H and O–H groups in total.